The van der Waals surface area contributed by atoms with E-state index in [0.29, 0.717) is 29.0 Å². The number of carbonyl (C=O) groups excluding carboxylic acids is 3. The average molecular weight is 482 g/mol. The van der Waals surface area contributed by atoms with Crippen LogP contribution in [0.2, 0.25) is 0 Å². The summed E-state index contributed by atoms with van der Waals surface area (Å²) < 4.78 is 16.4. The van der Waals surface area contributed by atoms with Crippen LogP contribution in [-0.4, -0.2) is 38.0 Å². The number of rotatable bonds is 5. The van der Waals surface area contributed by atoms with Gasteiger partial charge in [0.1, 0.15) is 17.8 Å². The van der Waals surface area contributed by atoms with Crippen molar-refractivity contribution in [1.29, 1.82) is 0 Å². The predicted octanol–water partition coefficient (Wildman–Crippen LogP) is 4.57. The first-order valence-electron chi connectivity index (χ1n) is 12.5. The van der Waals surface area contributed by atoms with E-state index in [0.717, 1.165) is 49.8 Å². The third-order valence-corrected chi connectivity index (χ3v) is 7.47. The minimum atomic E-state index is -0.911. The Balaban J connectivity index is 1.78. The van der Waals surface area contributed by atoms with Crippen LogP contribution < -0.4 is 10.1 Å². The van der Waals surface area contributed by atoms with Crippen LogP contribution in [-0.2, 0) is 23.9 Å². The van der Waals surface area contributed by atoms with Crippen LogP contribution >= 0.6 is 0 Å². The molecule has 0 aromatic heterocycles. The summed E-state index contributed by atoms with van der Waals surface area (Å²) in [5.74, 6) is -2.44. The van der Waals surface area contributed by atoms with E-state index in [9.17, 15) is 14.4 Å². The lowest BCUT2D eigenvalue weighted by Crippen LogP contribution is -2.43. The van der Waals surface area contributed by atoms with Crippen molar-refractivity contribution in [3.8, 4) is 5.75 Å². The molecule has 2 aliphatic carbocycles. The maximum atomic E-state index is 13.8. The number of Topliss-reactive ketones (excluding diaryl/α,β-unsaturated/α-hetero) is 1. The van der Waals surface area contributed by atoms with Crippen molar-refractivity contribution in [2.45, 2.75) is 70.8 Å². The lowest BCUT2D eigenvalue weighted by atomic mass is 9.69. The summed E-state index contributed by atoms with van der Waals surface area (Å²) in [6, 6.07) is 7.38. The van der Waals surface area contributed by atoms with Crippen LogP contribution in [0.15, 0.2) is 46.8 Å². The molecule has 4 rings (SSSR count). The van der Waals surface area contributed by atoms with Crippen molar-refractivity contribution >= 4 is 17.7 Å². The Morgan fingerprint density at radius 2 is 1.77 bits per heavy atom. The summed E-state index contributed by atoms with van der Waals surface area (Å²) in [6.07, 6.45) is 6.47. The van der Waals surface area contributed by atoms with Crippen LogP contribution in [0.25, 0.3) is 0 Å². The third kappa shape index (κ3) is 5.00. The van der Waals surface area contributed by atoms with Gasteiger partial charge in [0.15, 0.2) is 5.78 Å². The van der Waals surface area contributed by atoms with Crippen molar-refractivity contribution in [1.82, 2.24) is 5.32 Å². The normalized spacial score (nSPS) is 25.4. The molecule has 1 fully saturated rings. The Hall–Kier alpha value is -3.09. The number of hydrogen-bond acceptors (Lipinski definition) is 7. The van der Waals surface area contributed by atoms with Gasteiger partial charge in [-0.05, 0) is 62.6 Å². The van der Waals surface area contributed by atoms with Crippen LogP contribution in [0.3, 0.4) is 0 Å². The van der Waals surface area contributed by atoms with E-state index in [1.165, 1.54) is 7.11 Å². The molecule has 7 heteroatoms. The predicted molar refractivity (Wildman–Crippen MR) is 130 cm³/mol. The van der Waals surface area contributed by atoms with E-state index in [1.807, 2.05) is 38.1 Å². The lowest BCUT2D eigenvalue weighted by Gasteiger charge is -2.38. The summed E-state index contributed by atoms with van der Waals surface area (Å²) in [6.45, 7) is 3.72. The molecule has 3 aliphatic rings. The SMILES string of the molecule is COC(=O)[C@@H]1C(=O)C2=C(C[C@@H]1C)NC(C)=C(C(=O)OC1CCCCCC1)[C@@H]2c1cccc(OC)c1. The van der Waals surface area contributed by atoms with Crippen LogP contribution in [0, 0.1) is 11.8 Å². The van der Waals surface area contributed by atoms with Gasteiger partial charge in [0.25, 0.3) is 0 Å². The zero-order chi connectivity index (χ0) is 25.1. The first kappa shape index (κ1) is 25.0. The van der Waals surface area contributed by atoms with Crippen LogP contribution in [0.5, 0.6) is 5.75 Å². The number of benzene rings is 1. The number of methoxy groups -OCH3 is 2. The minimum absolute atomic E-state index is 0.128. The Labute approximate surface area is 206 Å². The molecule has 1 N–H and O–H groups in total. The van der Waals surface area contributed by atoms with Crippen LogP contribution in [0.4, 0.5) is 0 Å². The maximum absolute atomic E-state index is 13.8. The maximum Gasteiger partial charge on any atom is 0.337 e. The van der Waals surface area contributed by atoms with Gasteiger partial charge in [-0.15, -0.1) is 0 Å². The summed E-state index contributed by atoms with van der Waals surface area (Å²) in [5, 5.41) is 3.32. The minimum Gasteiger partial charge on any atom is -0.497 e. The standard InChI is InChI=1S/C28H35NO6/c1-16-14-21-25(26(30)22(16)27(31)34-4)24(18-10-9-13-20(15-18)33-3)23(17(2)29-21)28(32)35-19-11-7-5-6-8-12-19/h9-10,13,15-16,19,22,24,29H,5-8,11-12,14H2,1-4H3/t16-,22-,24-/m0/s1. The number of nitrogens with one attached hydrogen (secondary N) is 1. The fraction of sp³-hybridized carbons (Fsp3) is 0.536. The molecule has 3 atom stereocenters. The first-order chi connectivity index (χ1) is 16.8. The second kappa shape index (κ2) is 10.7. The molecule has 0 unspecified atom stereocenters. The van der Waals surface area contributed by atoms with Gasteiger partial charge in [-0.2, -0.15) is 0 Å². The van der Waals surface area contributed by atoms with E-state index in [4.69, 9.17) is 14.2 Å². The number of ether oxygens (including phenoxy) is 3. The second-order valence-electron chi connectivity index (χ2n) is 9.83. The van der Waals surface area contributed by atoms with Crippen molar-refractivity contribution in [2.75, 3.05) is 14.2 Å². The largest absolute Gasteiger partial charge is 0.497 e. The highest BCUT2D eigenvalue weighted by molar-refractivity contribution is 6.12. The molecule has 0 amide bonds. The van der Waals surface area contributed by atoms with Gasteiger partial charge in [0, 0.05) is 22.9 Å². The molecule has 0 saturated heterocycles. The number of carbonyl (C=O) groups is 3. The molecule has 1 aromatic carbocycles. The Kier molecular flexibility index (Phi) is 7.63. The quantitative estimate of drug-likeness (QED) is 0.374. The van der Waals surface area contributed by atoms with Gasteiger partial charge in [-0.25, -0.2) is 4.79 Å². The van der Waals surface area contributed by atoms with Gasteiger partial charge in [0.2, 0.25) is 0 Å². The molecule has 35 heavy (non-hydrogen) atoms. The number of hydrogen-bond donors (Lipinski definition) is 1. The molecular formula is C28H35NO6. The summed E-state index contributed by atoms with van der Waals surface area (Å²) in [5.41, 5.74) is 3.01. The van der Waals surface area contributed by atoms with Crippen molar-refractivity contribution in [2.24, 2.45) is 11.8 Å². The lowest BCUT2D eigenvalue weighted by molar-refractivity contribution is -0.151. The Morgan fingerprint density at radius 1 is 1.06 bits per heavy atom. The monoisotopic (exact) mass is 481 g/mol. The molecule has 1 saturated carbocycles. The fourth-order valence-electron chi connectivity index (χ4n) is 5.68. The second-order valence-corrected chi connectivity index (χ2v) is 9.83. The zero-order valence-electron chi connectivity index (χ0n) is 21.0. The van der Waals surface area contributed by atoms with Gasteiger partial charge in [0.05, 0.1) is 19.8 Å². The molecular weight excluding hydrogens is 446 g/mol. The van der Waals surface area contributed by atoms with Crippen LogP contribution in [0.1, 0.15) is 70.3 Å². The Bertz CT molecular complexity index is 1060. The van der Waals surface area contributed by atoms with E-state index in [-0.39, 0.29) is 17.8 Å². The average Bonchev–Trinajstić information content (AvgIpc) is 3.11. The summed E-state index contributed by atoms with van der Waals surface area (Å²) in [7, 11) is 2.87. The van der Waals surface area contributed by atoms with E-state index in [1.54, 1.807) is 7.11 Å². The molecule has 0 bridgehead atoms. The highest BCUT2D eigenvalue weighted by atomic mass is 16.5. The van der Waals surface area contributed by atoms with Crippen molar-refractivity contribution in [3.05, 3.63) is 52.4 Å². The molecule has 0 radical (unpaired) electrons. The van der Waals surface area contributed by atoms with Gasteiger partial charge < -0.3 is 19.5 Å². The summed E-state index contributed by atoms with van der Waals surface area (Å²) in [4.78, 5) is 40.1. The smallest absolute Gasteiger partial charge is 0.337 e. The first-order valence-corrected chi connectivity index (χ1v) is 12.5. The molecule has 188 valence electrons. The highest BCUT2D eigenvalue weighted by Gasteiger charge is 2.47. The van der Waals surface area contributed by atoms with E-state index in [2.05, 4.69) is 5.32 Å². The Morgan fingerprint density at radius 3 is 2.43 bits per heavy atom. The van der Waals surface area contributed by atoms with E-state index < -0.39 is 23.8 Å². The number of esters is 2. The topological polar surface area (TPSA) is 90.9 Å². The number of ketones is 1. The third-order valence-electron chi connectivity index (χ3n) is 7.47. The molecule has 1 aliphatic heterocycles. The molecule has 1 heterocycles. The molecule has 0 spiro atoms. The van der Waals surface area contributed by atoms with E-state index >= 15 is 0 Å². The summed E-state index contributed by atoms with van der Waals surface area (Å²) >= 11 is 0. The number of dihydropyridines is 1. The molecule has 7 nitrogen and oxygen atoms in total. The van der Waals surface area contributed by atoms with Gasteiger partial charge in [-0.1, -0.05) is 31.9 Å². The zero-order valence-corrected chi connectivity index (χ0v) is 21.0. The number of allylic oxidation sites excluding steroid dienone is 3. The highest BCUT2D eigenvalue weighted by Crippen LogP contribution is 2.46. The van der Waals surface area contributed by atoms with Gasteiger partial charge in [-0.3, -0.25) is 9.59 Å². The molecule has 1 aromatic rings. The van der Waals surface area contributed by atoms with Gasteiger partial charge >= 0.3 is 11.9 Å². The van der Waals surface area contributed by atoms with Crippen molar-refractivity contribution < 1.29 is 28.6 Å². The fourth-order valence-corrected chi connectivity index (χ4v) is 5.68. The van der Waals surface area contributed by atoms with Crippen molar-refractivity contribution in [3.63, 3.8) is 0 Å².